The molecule has 0 radical (unpaired) electrons. The van der Waals surface area contributed by atoms with Gasteiger partial charge in [-0.3, -0.25) is 0 Å². The molecular formula is C13H23N7O3. The lowest BCUT2D eigenvalue weighted by atomic mass is 9.75. The molecule has 0 saturated heterocycles. The molecule has 2 N–H and O–H groups in total. The maximum atomic E-state index is 11.9. The number of azide groups is 2. The van der Waals surface area contributed by atoms with Crippen LogP contribution in [0.15, 0.2) is 10.2 Å². The minimum Gasteiger partial charge on any atom is -0.444 e. The summed E-state index contributed by atoms with van der Waals surface area (Å²) < 4.78 is 5.19. The van der Waals surface area contributed by atoms with Crippen LogP contribution in [0.2, 0.25) is 0 Å². The highest BCUT2D eigenvalue weighted by Gasteiger charge is 2.37. The minimum atomic E-state index is -0.774. The van der Waals surface area contributed by atoms with E-state index in [4.69, 9.17) is 15.8 Å². The third kappa shape index (κ3) is 6.65. The summed E-state index contributed by atoms with van der Waals surface area (Å²) in [5.74, 6) is -0.178. The number of aliphatic hydroxyl groups excluding tert-OH is 1. The second kappa shape index (κ2) is 8.47. The number of aliphatic hydroxyl groups is 1. The van der Waals surface area contributed by atoms with Crippen LogP contribution in [0, 0.1) is 11.8 Å². The molecule has 2 unspecified atom stereocenters. The summed E-state index contributed by atoms with van der Waals surface area (Å²) in [6, 6.07) is -0.494. The van der Waals surface area contributed by atoms with Crippen molar-refractivity contribution in [2.45, 2.75) is 51.4 Å². The van der Waals surface area contributed by atoms with Gasteiger partial charge in [-0.15, -0.1) is 0 Å². The van der Waals surface area contributed by atoms with E-state index in [2.05, 4.69) is 25.4 Å². The van der Waals surface area contributed by atoms with Crippen LogP contribution < -0.4 is 5.32 Å². The maximum Gasteiger partial charge on any atom is 0.407 e. The van der Waals surface area contributed by atoms with Gasteiger partial charge in [-0.2, -0.15) is 0 Å². The Morgan fingerprint density at radius 2 is 1.74 bits per heavy atom. The third-order valence-electron chi connectivity index (χ3n) is 3.69. The van der Waals surface area contributed by atoms with Gasteiger partial charge < -0.3 is 15.2 Å². The smallest absolute Gasteiger partial charge is 0.407 e. The Kier molecular flexibility index (Phi) is 6.96. The number of ether oxygens (including phenoxy) is 1. The zero-order valence-corrected chi connectivity index (χ0v) is 13.6. The highest BCUT2D eigenvalue weighted by molar-refractivity contribution is 5.68. The second-order valence-corrected chi connectivity index (χ2v) is 6.64. The first-order chi connectivity index (χ1) is 10.8. The Bertz CT molecular complexity index is 506. The Hall–Kier alpha value is -2.15. The van der Waals surface area contributed by atoms with E-state index in [1.165, 1.54) is 0 Å². The second-order valence-electron chi connectivity index (χ2n) is 6.64. The average Bonchev–Trinajstić information content (AvgIpc) is 2.43. The lowest BCUT2D eigenvalue weighted by Gasteiger charge is -2.38. The summed E-state index contributed by atoms with van der Waals surface area (Å²) in [4.78, 5) is 17.3. The first-order valence-electron chi connectivity index (χ1n) is 7.46. The van der Waals surface area contributed by atoms with Crippen molar-refractivity contribution in [3.8, 4) is 0 Å². The predicted octanol–water partition coefficient (Wildman–Crippen LogP) is 2.89. The van der Waals surface area contributed by atoms with Gasteiger partial charge in [0.1, 0.15) is 5.60 Å². The van der Waals surface area contributed by atoms with E-state index < -0.39 is 23.8 Å². The molecule has 0 aromatic carbocycles. The molecule has 10 nitrogen and oxygen atoms in total. The molecule has 23 heavy (non-hydrogen) atoms. The van der Waals surface area contributed by atoms with Crippen LogP contribution >= 0.6 is 0 Å². The van der Waals surface area contributed by atoms with Crippen LogP contribution in [-0.2, 0) is 4.74 Å². The number of alkyl carbamates (subject to hydrolysis) is 1. The third-order valence-corrected chi connectivity index (χ3v) is 3.69. The molecule has 0 aromatic heterocycles. The number of carbonyl (C=O) groups is 1. The first-order valence-corrected chi connectivity index (χ1v) is 7.46. The number of hydrogen-bond donors (Lipinski definition) is 2. The SMILES string of the molecule is CC(C)(C)OC(=O)NC1C[C@@H](CN=[N+]=[N-])[C@H](CN=[N+]=[N-])CC1O. The number of carbonyl (C=O) groups excluding carboxylic acids is 1. The van der Waals surface area contributed by atoms with Gasteiger partial charge in [0.25, 0.3) is 0 Å². The fourth-order valence-electron chi connectivity index (χ4n) is 2.69. The van der Waals surface area contributed by atoms with Crippen LogP contribution in [0.4, 0.5) is 4.79 Å². The van der Waals surface area contributed by atoms with E-state index >= 15 is 0 Å². The van der Waals surface area contributed by atoms with Crippen molar-refractivity contribution in [1.82, 2.24) is 5.32 Å². The molecule has 0 spiro atoms. The molecular weight excluding hydrogens is 302 g/mol. The lowest BCUT2D eigenvalue weighted by molar-refractivity contribution is 0.0187. The largest absolute Gasteiger partial charge is 0.444 e. The van der Waals surface area contributed by atoms with Crippen LogP contribution in [0.1, 0.15) is 33.6 Å². The molecule has 1 saturated carbocycles. The van der Waals surface area contributed by atoms with Crippen molar-refractivity contribution < 1.29 is 14.6 Å². The van der Waals surface area contributed by atoms with Crippen molar-refractivity contribution in [1.29, 1.82) is 0 Å². The van der Waals surface area contributed by atoms with Crippen molar-refractivity contribution >= 4 is 6.09 Å². The average molecular weight is 325 g/mol. The monoisotopic (exact) mass is 325 g/mol. The molecule has 128 valence electrons. The van der Waals surface area contributed by atoms with E-state index in [1.807, 2.05) is 0 Å². The Morgan fingerprint density at radius 3 is 2.22 bits per heavy atom. The molecule has 1 amide bonds. The topological polar surface area (TPSA) is 156 Å². The van der Waals surface area contributed by atoms with E-state index in [-0.39, 0.29) is 24.9 Å². The van der Waals surface area contributed by atoms with E-state index in [9.17, 15) is 9.90 Å². The molecule has 4 atom stereocenters. The lowest BCUT2D eigenvalue weighted by Crippen LogP contribution is -2.51. The quantitative estimate of drug-likeness (QED) is 0.453. The van der Waals surface area contributed by atoms with Gasteiger partial charge in [0.05, 0.1) is 12.1 Å². The van der Waals surface area contributed by atoms with Crippen molar-refractivity contribution in [2.75, 3.05) is 13.1 Å². The van der Waals surface area contributed by atoms with Crippen LogP contribution in [0.5, 0.6) is 0 Å². The zero-order chi connectivity index (χ0) is 17.5. The molecule has 0 aromatic rings. The standard InChI is InChI=1S/C13H23N7O3/c1-13(2,3)23-12(22)18-10-4-8(6-16-19-14)9(5-11(10)21)7-17-20-15/h8-11,21H,4-7H2,1-3H3,(H,18,22)/t8-,9-,10?,11?/m0/s1. The van der Waals surface area contributed by atoms with Gasteiger partial charge >= 0.3 is 6.09 Å². The summed E-state index contributed by atoms with van der Waals surface area (Å²) in [6.45, 7) is 5.71. The van der Waals surface area contributed by atoms with Crippen molar-refractivity contribution in [2.24, 2.45) is 22.1 Å². The normalized spacial score (nSPS) is 27.3. The Balaban J connectivity index is 2.73. The fraction of sp³-hybridized carbons (Fsp3) is 0.923. The highest BCUT2D eigenvalue weighted by Crippen LogP contribution is 2.31. The number of amides is 1. The number of nitrogens with zero attached hydrogens (tertiary/aromatic N) is 6. The molecule has 1 aliphatic carbocycles. The molecule has 1 fully saturated rings. The van der Waals surface area contributed by atoms with Gasteiger partial charge in [-0.1, -0.05) is 10.2 Å². The zero-order valence-electron chi connectivity index (χ0n) is 13.6. The summed E-state index contributed by atoms with van der Waals surface area (Å²) in [6.07, 6.45) is -0.600. The van der Waals surface area contributed by atoms with Crippen molar-refractivity contribution in [3.63, 3.8) is 0 Å². The molecule has 10 heteroatoms. The van der Waals surface area contributed by atoms with E-state index in [1.54, 1.807) is 20.8 Å². The van der Waals surface area contributed by atoms with Crippen LogP contribution in [0.25, 0.3) is 20.9 Å². The van der Waals surface area contributed by atoms with Gasteiger partial charge in [-0.05, 0) is 56.5 Å². The Morgan fingerprint density at radius 1 is 1.22 bits per heavy atom. The summed E-state index contributed by atoms with van der Waals surface area (Å²) >= 11 is 0. The van der Waals surface area contributed by atoms with Gasteiger partial charge in [0, 0.05) is 22.9 Å². The van der Waals surface area contributed by atoms with Gasteiger partial charge in [0.15, 0.2) is 0 Å². The number of rotatable bonds is 5. The summed E-state index contributed by atoms with van der Waals surface area (Å²) in [5, 5.41) is 20.0. The molecule has 0 aliphatic heterocycles. The van der Waals surface area contributed by atoms with E-state index in [0.29, 0.717) is 12.8 Å². The predicted molar refractivity (Wildman–Crippen MR) is 83.4 cm³/mol. The molecule has 0 heterocycles. The molecule has 1 aliphatic rings. The van der Waals surface area contributed by atoms with E-state index in [0.717, 1.165) is 0 Å². The minimum absolute atomic E-state index is 0.0836. The van der Waals surface area contributed by atoms with Gasteiger partial charge in [0.2, 0.25) is 0 Å². The highest BCUT2D eigenvalue weighted by atomic mass is 16.6. The fourth-order valence-corrected chi connectivity index (χ4v) is 2.69. The molecule has 0 bridgehead atoms. The van der Waals surface area contributed by atoms with Crippen molar-refractivity contribution in [3.05, 3.63) is 20.9 Å². The maximum absolute atomic E-state index is 11.9. The van der Waals surface area contributed by atoms with Crippen LogP contribution in [-0.4, -0.2) is 42.0 Å². The van der Waals surface area contributed by atoms with Gasteiger partial charge in [-0.25, -0.2) is 4.79 Å². The number of nitrogens with one attached hydrogen (secondary N) is 1. The molecule has 1 rings (SSSR count). The Labute approximate surface area is 134 Å². The first kappa shape index (κ1) is 18.9. The summed E-state index contributed by atoms with van der Waals surface area (Å²) in [5.41, 5.74) is 16.3. The summed E-state index contributed by atoms with van der Waals surface area (Å²) in [7, 11) is 0. The number of hydrogen-bond acceptors (Lipinski definition) is 5. The van der Waals surface area contributed by atoms with Crippen LogP contribution in [0.3, 0.4) is 0 Å².